The van der Waals surface area contributed by atoms with E-state index in [-0.39, 0.29) is 36.4 Å². The van der Waals surface area contributed by atoms with Crippen molar-refractivity contribution in [3.05, 3.63) is 0 Å². The summed E-state index contributed by atoms with van der Waals surface area (Å²) in [6.07, 6.45) is 2.09. The van der Waals surface area contributed by atoms with E-state index >= 15 is 0 Å². The van der Waals surface area contributed by atoms with Crippen molar-refractivity contribution in [2.75, 3.05) is 46.5 Å². The second kappa shape index (κ2) is 10.1. The number of methoxy groups -OCH3 is 1. The predicted molar refractivity (Wildman–Crippen MR) is 120 cm³/mol. The summed E-state index contributed by atoms with van der Waals surface area (Å²) in [7, 11) is 1.43. The maximum absolute atomic E-state index is 13.0. The maximum atomic E-state index is 13.0. The number of amides is 2. The third kappa shape index (κ3) is 4.98. The summed E-state index contributed by atoms with van der Waals surface area (Å²) < 4.78 is 10.7. The van der Waals surface area contributed by atoms with Gasteiger partial charge in [-0.25, -0.2) is 14.6 Å². The van der Waals surface area contributed by atoms with E-state index in [9.17, 15) is 9.59 Å². The van der Waals surface area contributed by atoms with E-state index in [0.717, 1.165) is 52.1 Å². The first-order valence-electron chi connectivity index (χ1n) is 12.1. The van der Waals surface area contributed by atoms with Crippen LogP contribution in [-0.2, 0) is 9.47 Å². The lowest BCUT2D eigenvalue weighted by Crippen LogP contribution is -2.67. The number of hydrogen-bond donors (Lipinski definition) is 3. The van der Waals surface area contributed by atoms with E-state index in [2.05, 4.69) is 21.1 Å². The first-order valence-corrected chi connectivity index (χ1v) is 12.1. The van der Waals surface area contributed by atoms with Gasteiger partial charge in [0.15, 0.2) is 0 Å². The number of nitrogens with one attached hydrogen (secondary N) is 3. The Morgan fingerprint density at radius 2 is 1.88 bits per heavy atom. The third-order valence-electron chi connectivity index (χ3n) is 7.52. The van der Waals surface area contributed by atoms with Gasteiger partial charge in [0.05, 0.1) is 31.3 Å². The molecule has 182 valence electrons. The van der Waals surface area contributed by atoms with Crippen molar-refractivity contribution in [1.29, 1.82) is 0 Å². The molecule has 2 amide bonds. The van der Waals surface area contributed by atoms with Gasteiger partial charge in [0.2, 0.25) is 0 Å². The highest BCUT2D eigenvalue weighted by molar-refractivity contribution is 5.72. The zero-order valence-corrected chi connectivity index (χ0v) is 19.9. The summed E-state index contributed by atoms with van der Waals surface area (Å²) >= 11 is 0. The van der Waals surface area contributed by atoms with Crippen LogP contribution in [0.25, 0.3) is 0 Å². The van der Waals surface area contributed by atoms with Crippen LogP contribution in [0.4, 0.5) is 9.59 Å². The minimum Gasteiger partial charge on any atom is -0.453 e. The Hall–Kier alpha value is -1.62. The molecule has 3 saturated heterocycles. The standard InChI is InChI=1S/C22H40N6O4/c1-14(2)32-21(29)27-10-15(3)28(22(30)31-4)19-6-5-16(7-20(19)27)17-8-25-26(11-17)12-18-9-23-13-24-18/h14-20,23-25H,5-13H2,1-4H3/t15-,16?,17?,18?,19?,20?/m0/s1. The van der Waals surface area contributed by atoms with E-state index in [1.807, 2.05) is 30.6 Å². The molecule has 0 aromatic rings. The molecule has 10 nitrogen and oxygen atoms in total. The van der Waals surface area contributed by atoms with Crippen molar-refractivity contribution in [3.63, 3.8) is 0 Å². The van der Waals surface area contributed by atoms with Crippen molar-refractivity contribution in [3.8, 4) is 0 Å². The first-order chi connectivity index (χ1) is 15.4. The SMILES string of the molecule is COC(=O)N1C2CCC(C3CNN(CC4CNCN4)C3)CC2N(C(=O)OC(C)C)C[C@@H]1C. The summed E-state index contributed by atoms with van der Waals surface area (Å²) in [5, 5.41) is 9.16. The molecule has 10 heteroatoms. The van der Waals surface area contributed by atoms with E-state index in [1.54, 1.807) is 0 Å². The van der Waals surface area contributed by atoms with Crippen LogP contribution >= 0.6 is 0 Å². The molecule has 3 aliphatic heterocycles. The fourth-order valence-electron chi connectivity index (χ4n) is 6.03. The maximum Gasteiger partial charge on any atom is 0.410 e. The van der Waals surface area contributed by atoms with Gasteiger partial charge in [-0.3, -0.25) is 15.6 Å². The smallest absolute Gasteiger partial charge is 0.410 e. The fourth-order valence-corrected chi connectivity index (χ4v) is 6.03. The van der Waals surface area contributed by atoms with E-state index in [4.69, 9.17) is 9.47 Å². The average Bonchev–Trinajstić information content (AvgIpc) is 3.44. The topological polar surface area (TPSA) is 98.4 Å². The Morgan fingerprint density at radius 1 is 1.06 bits per heavy atom. The molecule has 3 heterocycles. The third-order valence-corrected chi connectivity index (χ3v) is 7.52. The van der Waals surface area contributed by atoms with Gasteiger partial charge in [0.1, 0.15) is 0 Å². The Balaban J connectivity index is 1.44. The molecule has 5 unspecified atom stereocenters. The number of fused-ring (bicyclic) bond motifs is 1. The summed E-state index contributed by atoms with van der Waals surface area (Å²) in [4.78, 5) is 29.3. The van der Waals surface area contributed by atoms with Crippen LogP contribution < -0.4 is 16.1 Å². The number of hydrazine groups is 1. The molecule has 1 saturated carbocycles. The molecular weight excluding hydrogens is 412 g/mol. The molecule has 4 rings (SSSR count). The zero-order valence-electron chi connectivity index (χ0n) is 19.9. The van der Waals surface area contributed by atoms with Gasteiger partial charge in [0.25, 0.3) is 0 Å². The van der Waals surface area contributed by atoms with E-state index in [1.165, 1.54) is 7.11 Å². The van der Waals surface area contributed by atoms with Gasteiger partial charge >= 0.3 is 12.2 Å². The van der Waals surface area contributed by atoms with Crippen LogP contribution in [0.1, 0.15) is 40.0 Å². The van der Waals surface area contributed by atoms with Gasteiger partial charge < -0.3 is 19.7 Å². The highest BCUT2D eigenvalue weighted by Gasteiger charge is 2.49. The summed E-state index contributed by atoms with van der Waals surface area (Å²) in [6, 6.07) is 0.314. The second-order valence-electron chi connectivity index (χ2n) is 10.1. The summed E-state index contributed by atoms with van der Waals surface area (Å²) in [5.41, 5.74) is 3.58. The van der Waals surface area contributed by atoms with Crippen LogP contribution in [-0.4, -0.2) is 104 Å². The van der Waals surface area contributed by atoms with Crippen LogP contribution in [0.3, 0.4) is 0 Å². The van der Waals surface area contributed by atoms with E-state index < -0.39 is 0 Å². The molecular formula is C22H40N6O4. The lowest BCUT2D eigenvalue weighted by Gasteiger charge is -2.53. The number of nitrogens with zero attached hydrogens (tertiary/aromatic N) is 3. The van der Waals surface area contributed by atoms with E-state index in [0.29, 0.717) is 24.4 Å². The van der Waals surface area contributed by atoms with Gasteiger partial charge in [-0.2, -0.15) is 0 Å². The minimum absolute atomic E-state index is 0.0265. The number of carbonyl (C=O) groups excluding carboxylic acids is 2. The van der Waals surface area contributed by atoms with Gasteiger partial charge in [0, 0.05) is 45.4 Å². The molecule has 0 bridgehead atoms. The quantitative estimate of drug-likeness (QED) is 0.576. The number of ether oxygens (including phenoxy) is 2. The number of hydrogen-bond acceptors (Lipinski definition) is 8. The van der Waals surface area contributed by atoms with Gasteiger partial charge in [-0.05, 0) is 51.9 Å². The van der Waals surface area contributed by atoms with Crippen LogP contribution in [0.15, 0.2) is 0 Å². The molecule has 0 radical (unpaired) electrons. The lowest BCUT2D eigenvalue weighted by atomic mass is 9.73. The lowest BCUT2D eigenvalue weighted by molar-refractivity contribution is -0.0444. The van der Waals surface area contributed by atoms with Crippen molar-refractivity contribution >= 4 is 12.2 Å². The Labute approximate surface area is 191 Å². The highest BCUT2D eigenvalue weighted by Crippen LogP contribution is 2.40. The molecule has 0 aromatic carbocycles. The normalized spacial score (nSPS) is 35.8. The molecule has 4 fully saturated rings. The predicted octanol–water partition coefficient (Wildman–Crippen LogP) is 0.797. The molecule has 3 N–H and O–H groups in total. The monoisotopic (exact) mass is 452 g/mol. The number of piperazine rings is 1. The first kappa shape index (κ1) is 23.5. The molecule has 32 heavy (non-hydrogen) atoms. The zero-order chi connectivity index (χ0) is 22.8. The van der Waals surface area contributed by atoms with Gasteiger partial charge in [-0.1, -0.05) is 0 Å². The largest absolute Gasteiger partial charge is 0.453 e. The molecule has 6 atom stereocenters. The number of rotatable bonds is 4. The Kier molecular flexibility index (Phi) is 7.44. The Morgan fingerprint density at radius 3 is 2.56 bits per heavy atom. The number of carbonyl (C=O) groups is 2. The summed E-state index contributed by atoms with van der Waals surface area (Å²) in [5.74, 6) is 1.05. The molecule has 4 aliphatic rings. The van der Waals surface area contributed by atoms with Crippen molar-refractivity contribution < 1.29 is 19.1 Å². The van der Waals surface area contributed by atoms with Gasteiger partial charge in [-0.15, -0.1) is 0 Å². The fraction of sp³-hybridized carbons (Fsp3) is 0.909. The van der Waals surface area contributed by atoms with Crippen molar-refractivity contribution in [1.82, 2.24) is 30.9 Å². The van der Waals surface area contributed by atoms with Crippen molar-refractivity contribution in [2.45, 2.75) is 70.3 Å². The Bertz CT molecular complexity index is 673. The average molecular weight is 453 g/mol. The molecule has 0 spiro atoms. The minimum atomic E-state index is -0.297. The van der Waals surface area contributed by atoms with Crippen LogP contribution in [0, 0.1) is 11.8 Å². The second-order valence-corrected chi connectivity index (χ2v) is 10.1. The highest BCUT2D eigenvalue weighted by atomic mass is 16.6. The molecule has 0 aromatic heterocycles. The molecule has 1 aliphatic carbocycles. The van der Waals surface area contributed by atoms with Crippen LogP contribution in [0.5, 0.6) is 0 Å². The van der Waals surface area contributed by atoms with Crippen LogP contribution in [0.2, 0.25) is 0 Å². The summed E-state index contributed by atoms with van der Waals surface area (Å²) in [6.45, 7) is 11.1. The van der Waals surface area contributed by atoms with Crippen molar-refractivity contribution in [2.24, 2.45) is 11.8 Å².